The number of methoxy groups -OCH3 is 1. The molecule has 1 aromatic carbocycles. The van der Waals surface area contributed by atoms with Gasteiger partial charge in [0.15, 0.2) is 5.54 Å². The molecule has 0 bridgehead atoms. The number of ether oxygens (including phenoxy) is 1. The number of hydrazine groups is 1. The van der Waals surface area contributed by atoms with Gasteiger partial charge in [-0.05, 0) is 32.0 Å². The molecule has 4 rings (SSSR count). The lowest BCUT2D eigenvalue weighted by molar-refractivity contribution is -0.149. The van der Waals surface area contributed by atoms with Gasteiger partial charge in [-0.3, -0.25) is 24.3 Å². The van der Waals surface area contributed by atoms with Crippen molar-refractivity contribution in [1.82, 2.24) is 9.91 Å². The summed E-state index contributed by atoms with van der Waals surface area (Å²) in [5, 5.41) is 3.34. The number of likely N-dealkylation sites (N-methyl/N-ethyl adjacent to an activating group) is 1. The maximum atomic E-state index is 13.0. The number of carbonyl (C=O) groups excluding carboxylic acids is 3. The van der Waals surface area contributed by atoms with Gasteiger partial charge in [-0.1, -0.05) is 0 Å². The Hall–Kier alpha value is -2.57. The highest BCUT2D eigenvalue weighted by molar-refractivity contribution is 6.12. The first-order valence-electron chi connectivity index (χ1n) is 7.85. The molecule has 0 aromatic heterocycles. The predicted octanol–water partition coefficient (Wildman–Crippen LogP) is 0.883. The largest absolute Gasteiger partial charge is 0.497 e. The van der Waals surface area contributed by atoms with Crippen LogP contribution in [0.2, 0.25) is 0 Å². The van der Waals surface area contributed by atoms with E-state index in [1.165, 1.54) is 12.1 Å². The summed E-state index contributed by atoms with van der Waals surface area (Å²) in [6.07, 6.45) is -0.0409. The van der Waals surface area contributed by atoms with Gasteiger partial charge in [0.25, 0.3) is 5.91 Å². The van der Waals surface area contributed by atoms with Gasteiger partial charge in [-0.15, -0.1) is 0 Å². The average molecular weight is 329 g/mol. The highest BCUT2D eigenvalue weighted by Crippen LogP contribution is 2.55. The lowest BCUT2D eigenvalue weighted by Crippen LogP contribution is -2.53. The number of amides is 3. The van der Waals surface area contributed by atoms with Gasteiger partial charge in [0.1, 0.15) is 5.75 Å². The van der Waals surface area contributed by atoms with Crippen LogP contribution in [0.4, 0.5) is 5.69 Å². The number of nitrogens with zero attached hydrogens (tertiary/aromatic N) is 3. The molecular weight excluding hydrogens is 310 g/mol. The van der Waals surface area contributed by atoms with Crippen LogP contribution >= 0.6 is 0 Å². The Morgan fingerprint density at radius 3 is 2.42 bits per heavy atom. The molecule has 2 fully saturated rings. The monoisotopic (exact) mass is 329 g/mol. The van der Waals surface area contributed by atoms with Crippen LogP contribution in [0, 0.1) is 5.41 Å². The smallest absolute Gasteiger partial charge is 0.262 e. The Morgan fingerprint density at radius 1 is 1.12 bits per heavy atom. The van der Waals surface area contributed by atoms with E-state index < -0.39 is 11.0 Å². The fraction of sp³-hybridized carbons (Fsp3) is 0.471. The molecule has 1 spiro atoms. The molecular formula is C17H19N3O4. The number of hydrogen-bond donors (Lipinski definition) is 0. The van der Waals surface area contributed by atoms with Crippen molar-refractivity contribution in [3.63, 3.8) is 0 Å². The first-order chi connectivity index (χ1) is 11.2. The Bertz CT molecular complexity index is 803. The third-order valence-corrected chi connectivity index (χ3v) is 5.29. The van der Waals surface area contributed by atoms with Crippen molar-refractivity contribution in [1.29, 1.82) is 0 Å². The van der Waals surface area contributed by atoms with Crippen molar-refractivity contribution in [2.24, 2.45) is 5.41 Å². The molecule has 1 unspecified atom stereocenters. The van der Waals surface area contributed by atoms with Crippen LogP contribution in [0.15, 0.2) is 18.2 Å². The van der Waals surface area contributed by atoms with E-state index in [2.05, 4.69) is 0 Å². The Labute approximate surface area is 139 Å². The fourth-order valence-corrected chi connectivity index (χ4v) is 3.97. The second-order valence-corrected chi connectivity index (χ2v) is 7.24. The van der Waals surface area contributed by atoms with Gasteiger partial charge in [-0.2, -0.15) is 0 Å². The van der Waals surface area contributed by atoms with E-state index >= 15 is 0 Å². The summed E-state index contributed by atoms with van der Waals surface area (Å²) >= 11 is 0. The zero-order chi connectivity index (χ0) is 17.4. The molecule has 3 heterocycles. The minimum atomic E-state index is -1.29. The number of fused-ring (bicyclic) bond motifs is 5. The SMILES string of the molecule is COc1ccc2c(c1)C1(CC(=O)N(C)C1=O)N1C(=O)C(C)(C)CN21. The lowest BCUT2D eigenvalue weighted by Gasteiger charge is -2.33. The molecule has 0 saturated carbocycles. The van der Waals surface area contributed by atoms with Crippen LogP contribution in [-0.4, -0.2) is 48.3 Å². The zero-order valence-electron chi connectivity index (χ0n) is 14.1. The number of rotatable bonds is 1. The molecule has 3 amide bonds. The zero-order valence-corrected chi connectivity index (χ0v) is 14.1. The second-order valence-electron chi connectivity index (χ2n) is 7.24. The van der Waals surface area contributed by atoms with Crippen LogP contribution in [0.3, 0.4) is 0 Å². The molecule has 1 aromatic rings. The minimum Gasteiger partial charge on any atom is -0.497 e. The van der Waals surface area contributed by atoms with Gasteiger partial charge in [-0.25, -0.2) is 5.01 Å². The van der Waals surface area contributed by atoms with Gasteiger partial charge in [0, 0.05) is 12.6 Å². The summed E-state index contributed by atoms with van der Waals surface area (Å²) < 4.78 is 5.29. The van der Waals surface area contributed by atoms with E-state index in [4.69, 9.17) is 4.74 Å². The van der Waals surface area contributed by atoms with Crippen LogP contribution in [0.1, 0.15) is 25.8 Å². The summed E-state index contributed by atoms with van der Waals surface area (Å²) in [7, 11) is 3.01. The summed E-state index contributed by atoms with van der Waals surface area (Å²) in [4.78, 5) is 39.5. The summed E-state index contributed by atoms with van der Waals surface area (Å²) in [6.45, 7) is 4.18. The third-order valence-electron chi connectivity index (χ3n) is 5.29. The van der Waals surface area contributed by atoms with E-state index in [0.717, 1.165) is 10.6 Å². The number of hydrogen-bond acceptors (Lipinski definition) is 5. The second kappa shape index (κ2) is 4.28. The minimum absolute atomic E-state index is 0.0409. The lowest BCUT2D eigenvalue weighted by atomic mass is 9.84. The van der Waals surface area contributed by atoms with Crippen LogP contribution in [0.5, 0.6) is 5.75 Å². The van der Waals surface area contributed by atoms with Gasteiger partial charge >= 0.3 is 0 Å². The number of likely N-dealkylation sites (tertiary alicyclic amines) is 1. The molecule has 0 N–H and O–H groups in total. The number of benzene rings is 1. The molecule has 2 saturated heterocycles. The molecule has 24 heavy (non-hydrogen) atoms. The van der Waals surface area contributed by atoms with Crippen LogP contribution in [0.25, 0.3) is 0 Å². The molecule has 3 aliphatic heterocycles. The standard InChI is InChI=1S/C17H19N3O4/c1-16(2)9-19-12-6-5-10(24-4)7-11(12)17(20(19)14(16)22)8-13(21)18(3)15(17)23/h5-7H,8-9H2,1-4H3. The van der Waals surface area contributed by atoms with Crippen molar-refractivity contribution in [2.45, 2.75) is 25.8 Å². The fourth-order valence-electron chi connectivity index (χ4n) is 3.97. The first-order valence-corrected chi connectivity index (χ1v) is 7.85. The van der Waals surface area contributed by atoms with Crippen molar-refractivity contribution in [3.05, 3.63) is 23.8 Å². The number of carbonyl (C=O) groups is 3. The quantitative estimate of drug-likeness (QED) is 0.716. The Kier molecular flexibility index (Phi) is 2.68. The van der Waals surface area contributed by atoms with Crippen molar-refractivity contribution >= 4 is 23.4 Å². The molecule has 126 valence electrons. The Morgan fingerprint density at radius 2 is 1.83 bits per heavy atom. The maximum absolute atomic E-state index is 13.0. The van der Waals surface area contributed by atoms with Gasteiger partial charge in [0.05, 0.1) is 31.2 Å². The van der Waals surface area contributed by atoms with E-state index in [9.17, 15) is 14.4 Å². The van der Waals surface area contributed by atoms with Crippen molar-refractivity contribution in [2.75, 3.05) is 25.7 Å². The Balaban J connectivity index is 2.00. The van der Waals surface area contributed by atoms with E-state index in [1.54, 1.807) is 19.2 Å². The summed E-state index contributed by atoms with van der Waals surface area (Å²) in [5.41, 5.74) is -0.463. The van der Waals surface area contributed by atoms with Gasteiger partial charge < -0.3 is 4.74 Å². The van der Waals surface area contributed by atoms with E-state index in [1.807, 2.05) is 24.9 Å². The van der Waals surface area contributed by atoms with Crippen LogP contribution < -0.4 is 9.75 Å². The first kappa shape index (κ1) is 15.0. The highest BCUT2D eigenvalue weighted by Gasteiger charge is 2.67. The van der Waals surface area contributed by atoms with Crippen molar-refractivity contribution in [3.8, 4) is 5.75 Å². The normalized spacial score (nSPS) is 27.3. The molecule has 1 atom stereocenters. The van der Waals surface area contributed by atoms with Crippen LogP contribution in [-0.2, 0) is 19.9 Å². The molecule has 7 heteroatoms. The molecule has 0 aliphatic carbocycles. The highest BCUT2D eigenvalue weighted by atomic mass is 16.5. The number of imide groups is 1. The molecule has 7 nitrogen and oxygen atoms in total. The summed E-state index contributed by atoms with van der Waals surface area (Å²) in [6, 6.07) is 5.41. The van der Waals surface area contributed by atoms with Gasteiger partial charge in [0.2, 0.25) is 11.8 Å². The summed E-state index contributed by atoms with van der Waals surface area (Å²) in [5.74, 6) is -0.199. The van der Waals surface area contributed by atoms with E-state index in [0.29, 0.717) is 17.9 Å². The topological polar surface area (TPSA) is 70.2 Å². The molecule has 0 radical (unpaired) electrons. The van der Waals surface area contributed by atoms with E-state index in [-0.39, 0.29) is 24.1 Å². The number of anilines is 1. The maximum Gasteiger partial charge on any atom is 0.262 e. The van der Waals surface area contributed by atoms with Crippen molar-refractivity contribution < 1.29 is 19.1 Å². The average Bonchev–Trinajstić information content (AvgIpc) is 3.04. The molecule has 3 aliphatic rings. The third kappa shape index (κ3) is 1.50. The predicted molar refractivity (Wildman–Crippen MR) is 85.0 cm³/mol.